The minimum atomic E-state index is 0.0271. The van der Waals surface area contributed by atoms with Crippen molar-refractivity contribution in [3.8, 4) is 0 Å². The smallest absolute Gasteiger partial charge is 0.224 e. The van der Waals surface area contributed by atoms with E-state index in [-0.39, 0.29) is 17.5 Å². The van der Waals surface area contributed by atoms with Gasteiger partial charge in [0.2, 0.25) is 5.91 Å². The van der Waals surface area contributed by atoms with Crippen molar-refractivity contribution in [2.45, 2.75) is 65.7 Å². The third-order valence-electron chi connectivity index (χ3n) is 5.29. The van der Waals surface area contributed by atoms with Gasteiger partial charge in [0.15, 0.2) is 0 Å². The van der Waals surface area contributed by atoms with Gasteiger partial charge in [-0.15, -0.1) is 0 Å². The molecule has 0 aromatic carbocycles. The van der Waals surface area contributed by atoms with Gasteiger partial charge >= 0.3 is 0 Å². The van der Waals surface area contributed by atoms with Crippen LogP contribution in [0.4, 0.5) is 0 Å². The van der Waals surface area contributed by atoms with Crippen LogP contribution in [0.2, 0.25) is 0 Å². The van der Waals surface area contributed by atoms with Gasteiger partial charge in [0.05, 0.1) is 72.5 Å². The Labute approximate surface area is 223 Å². The molecule has 10 nitrogen and oxygen atoms in total. The number of ketones is 2. The molecule has 0 rings (SSSR count). The maximum atomic E-state index is 12.7. The summed E-state index contributed by atoms with van der Waals surface area (Å²) in [7, 11) is 0. The maximum Gasteiger partial charge on any atom is 0.224 e. The van der Waals surface area contributed by atoms with E-state index in [0.29, 0.717) is 112 Å². The molecule has 0 bridgehead atoms. The third kappa shape index (κ3) is 27.4. The average Bonchev–Trinajstić information content (AvgIpc) is 2.86. The Balaban J connectivity index is 4.00. The van der Waals surface area contributed by atoms with E-state index in [4.69, 9.17) is 28.4 Å². The van der Waals surface area contributed by atoms with Gasteiger partial charge in [-0.25, -0.2) is 0 Å². The summed E-state index contributed by atoms with van der Waals surface area (Å²) in [4.78, 5) is 36.6. The van der Waals surface area contributed by atoms with Crippen molar-refractivity contribution in [2.75, 3.05) is 92.4 Å². The number of Topliss-reactive ketones (excluding diaryl/α,β-unsaturated/α-hetero) is 2. The lowest BCUT2D eigenvalue weighted by Gasteiger charge is -2.23. The number of carbonyl (C=O) groups excluding carboxylic acids is 3. The van der Waals surface area contributed by atoms with E-state index in [0.717, 1.165) is 25.7 Å². The van der Waals surface area contributed by atoms with E-state index >= 15 is 0 Å². The molecule has 0 saturated heterocycles. The van der Waals surface area contributed by atoms with E-state index in [9.17, 15) is 14.4 Å². The number of unbranched alkanes of at least 4 members (excludes halogenated alkanes) is 2. The molecule has 0 saturated carbocycles. The Morgan fingerprint density at radius 3 is 1.54 bits per heavy atom. The average molecular weight is 534 g/mol. The Hall–Kier alpha value is -1.43. The second kappa shape index (κ2) is 27.6. The van der Waals surface area contributed by atoms with Crippen LogP contribution in [0.15, 0.2) is 0 Å². The molecule has 0 heterocycles. The first-order chi connectivity index (χ1) is 18.0. The molecule has 0 atom stereocenters. The molecule has 1 amide bonds. The minimum absolute atomic E-state index is 0.0271. The van der Waals surface area contributed by atoms with Crippen LogP contribution >= 0.6 is 0 Å². The minimum Gasteiger partial charge on any atom is -0.379 e. The summed E-state index contributed by atoms with van der Waals surface area (Å²) >= 11 is 0. The Morgan fingerprint density at radius 1 is 0.486 bits per heavy atom. The summed E-state index contributed by atoms with van der Waals surface area (Å²) in [5.41, 5.74) is 0. The SMILES string of the molecule is CCOCCOCCOCCOCCC(=O)N(CCCCCC(C)=O)CCOCCOCCCC(C)=O. The lowest BCUT2D eigenvalue weighted by molar-refractivity contribution is -0.133. The van der Waals surface area contributed by atoms with Crippen LogP contribution in [0.25, 0.3) is 0 Å². The quantitative estimate of drug-likeness (QED) is 0.134. The Kier molecular flexibility index (Phi) is 26.5. The predicted octanol–water partition coefficient (Wildman–Crippen LogP) is 2.84. The molecule has 0 aliphatic rings. The summed E-state index contributed by atoms with van der Waals surface area (Å²) in [5.74, 6) is 0.388. The first-order valence-corrected chi connectivity index (χ1v) is 13.7. The maximum absolute atomic E-state index is 12.7. The lowest BCUT2D eigenvalue weighted by atomic mass is 10.1. The van der Waals surface area contributed by atoms with Crippen LogP contribution < -0.4 is 0 Å². The molecular weight excluding hydrogens is 482 g/mol. The molecule has 0 unspecified atom stereocenters. The molecule has 0 aromatic rings. The molecule has 0 spiro atoms. The number of hydrogen-bond acceptors (Lipinski definition) is 9. The highest BCUT2D eigenvalue weighted by atomic mass is 16.6. The number of rotatable bonds is 29. The number of carbonyl (C=O) groups is 3. The Bertz CT molecular complexity index is 560. The molecule has 218 valence electrons. The number of amides is 1. The van der Waals surface area contributed by atoms with E-state index in [1.165, 1.54) is 0 Å². The van der Waals surface area contributed by atoms with Gasteiger partial charge < -0.3 is 42.9 Å². The standard InChI is InChI=1S/C27H51NO9/c1-4-32-17-18-36-23-24-37-22-20-34-15-11-27(31)28(12-7-5-6-9-25(2)29)13-16-35-21-19-33-14-8-10-26(3)30/h4-24H2,1-3H3. The van der Waals surface area contributed by atoms with Gasteiger partial charge in [-0.3, -0.25) is 4.79 Å². The second-order valence-electron chi connectivity index (χ2n) is 8.71. The molecule has 37 heavy (non-hydrogen) atoms. The molecule has 0 aliphatic carbocycles. The van der Waals surface area contributed by atoms with Crippen molar-refractivity contribution in [1.29, 1.82) is 0 Å². The highest BCUT2D eigenvalue weighted by Gasteiger charge is 2.13. The van der Waals surface area contributed by atoms with Crippen molar-refractivity contribution in [2.24, 2.45) is 0 Å². The van der Waals surface area contributed by atoms with E-state index < -0.39 is 0 Å². The topological polar surface area (TPSA) is 110 Å². The van der Waals surface area contributed by atoms with E-state index in [2.05, 4.69) is 0 Å². The Morgan fingerprint density at radius 2 is 0.973 bits per heavy atom. The highest BCUT2D eigenvalue weighted by Crippen LogP contribution is 2.05. The third-order valence-corrected chi connectivity index (χ3v) is 5.29. The monoisotopic (exact) mass is 533 g/mol. The van der Waals surface area contributed by atoms with Crippen molar-refractivity contribution < 1.29 is 42.8 Å². The van der Waals surface area contributed by atoms with Crippen molar-refractivity contribution in [3.63, 3.8) is 0 Å². The normalized spacial score (nSPS) is 11.1. The summed E-state index contributed by atoms with van der Waals surface area (Å²) in [6, 6.07) is 0. The van der Waals surface area contributed by atoms with Crippen LogP contribution in [0.3, 0.4) is 0 Å². The van der Waals surface area contributed by atoms with Gasteiger partial charge in [0, 0.05) is 39.1 Å². The second-order valence-corrected chi connectivity index (χ2v) is 8.71. The highest BCUT2D eigenvalue weighted by molar-refractivity contribution is 5.76. The zero-order valence-corrected chi connectivity index (χ0v) is 23.5. The molecule has 0 aromatic heterocycles. The molecule has 0 aliphatic heterocycles. The predicted molar refractivity (Wildman–Crippen MR) is 141 cm³/mol. The molecular formula is C27H51NO9. The van der Waals surface area contributed by atoms with Crippen LogP contribution in [0, 0.1) is 0 Å². The summed E-state index contributed by atoms with van der Waals surface area (Å²) in [6.07, 6.45) is 4.73. The fraction of sp³-hybridized carbons (Fsp3) is 0.889. The van der Waals surface area contributed by atoms with Crippen molar-refractivity contribution in [3.05, 3.63) is 0 Å². The summed E-state index contributed by atoms with van der Waals surface area (Å²) in [5, 5.41) is 0. The number of nitrogens with zero attached hydrogens (tertiary/aromatic N) is 1. The van der Waals surface area contributed by atoms with Crippen molar-refractivity contribution >= 4 is 17.5 Å². The first kappa shape index (κ1) is 35.6. The first-order valence-electron chi connectivity index (χ1n) is 13.7. The van der Waals surface area contributed by atoms with Gasteiger partial charge in [0.1, 0.15) is 11.6 Å². The van der Waals surface area contributed by atoms with E-state index in [1.54, 1.807) is 18.7 Å². The number of ether oxygens (including phenoxy) is 6. The fourth-order valence-electron chi connectivity index (χ4n) is 3.26. The van der Waals surface area contributed by atoms with Crippen molar-refractivity contribution in [1.82, 2.24) is 4.90 Å². The molecule has 10 heteroatoms. The van der Waals surface area contributed by atoms with Crippen LogP contribution in [-0.4, -0.2) is 115 Å². The lowest BCUT2D eigenvalue weighted by Crippen LogP contribution is -2.35. The molecule has 0 fully saturated rings. The fourth-order valence-corrected chi connectivity index (χ4v) is 3.26. The molecule has 0 N–H and O–H groups in total. The van der Waals surface area contributed by atoms with Gasteiger partial charge in [-0.1, -0.05) is 6.42 Å². The van der Waals surface area contributed by atoms with E-state index in [1.807, 2.05) is 6.92 Å². The summed E-state index contributed by atoms with van der Waals surface area (Å²) < 4.78 is 32.6. The van der Waals surface area contributed by atoms with Gasteiger partial charge in [-0.05, 0) is 40.0 Å². The van der Waals surface area contributed by atoms with Gasteiger partial charge in [0.25, 0.3) is 0 Å². The largest absolute Gasteiger partial charge is 0.379 e. The van der Waals surface area contributed by atoms with Crippen LogP contribution in [-0.2, 0) is 42.8 Å². The van der Waals surface area contributed by atoms with Gasteiger partial charge in [-0.2, -0.15) is 0 Å². The zero-order chi connectivity index (χ0) is 27.4. The van der Waals surface area contributed by atoms with Crippen LogP contribution in [0.5, 0.6) is 0 Å². The summed E-state index contributed by atoms with van der Waals surface area (Å²) in [6.45, 7) is 12.2. The molecule has 0 radical (unpaired) electrons. The zero-order valence-electron chi connectivity index (χ0n) is 23.5. The number of hydrogen-bond donors (Lipinski definition) is 0. The van der Waals surface area contributed by atoms with Crippen LogP contribution in [0.1, 0.15) is 65.7 Å².